The Balaban J connectivity index is 0.00000235. The molecule has 0 radical (unpaired) electrons. The zero-order valence-corrected chi connectivity index (χ0v) is 22.7. The van der Waals surface area contributed by atoms with Crippen LogP contribution in [0.1, 0.15) is 65.1 Å². The minimum Gasteiger partial charge on any atom is -0.398 e. The van der Waals surface area contributed by atoms with Crippen LogP contribution in [0.15, 0.2) is 24.4 Å². The largest absolute Gasteiger partial charge is 0.398 e. The molecule has 2 amide bonds. The molecule has 1 aromatic heterocycles. The molecular weight excluding hydrogens is 472 g/mol. The highest BCUT2D eigenvalue weighted by atomic mass is 16.3. The van der Waals surface area contributed by atoms with Crippen molar-refractivity contribution in [3.8, 4) is 11.3 Å². The molecule has 0 bridgehead atoms. The zero-order chi connectivity index (χ0) is 27.9. The fraction of sp³-hybridized carbons (Fsp3) is 0.556. The van der Waals surface area contributed by atoms with Crippen LogP contribution in [0.5, 0.6) is 0 Å². The van der Waals surface area contributed by atoms with Gasteiger partial charge in [0.05, 0.1) is 30.1 Å². The Bertz CT molecular complexity index is 1080. The van der Waals surface area contributed by atoms with Gasteiger partial charge in [0.25, 0.3) is 0 Å². The number of hydrogen-bond acceptors (Lipinski definition) is 7. The molecule has 37 heavy (non-hydrogen) atoms. The summed E-state index contributed by atoms with van der Waals surface area (Å²) in [6.07, 6.45) is 2.11. The summed E-state index contributed by atoms with van der Waals surface area (Å²) in [5, 5.41) is 35.4. The number of nitrogens with two attached hydrogens (primary N) is 1. The number of aliphatic hydroxyl groups is 2. The highest BCUT2D eigenvalue weighted by Crippen LogP contribution is 2.33. The lowest BCUT2D eigenvalue weighted by atomic mass is 9.94. The topological polar surface area (TPSA) is 158 Å². The first-order valence-electron chi connectivity index (χ1n) is 13.0. The molecule has 4 atom stereocenters. The summed E-state index contributed by atoms with van der Waals surface area (Å²) in [5.74, 6) is -0.849. The maximum atomic E-state index is 13.2. The van der Waals surface area contributed by atoms with Crippen molar-refractivity contribution in [3.05, 3.63) is 35.5 Å². The molecule has 10 nitrogen and oxygen atoms in total. The lowest BCUT2D eigenvalue weighted by molar-refractivity contribution is -0.142. The summed E-state index contributed by atoms with van der Waals surface area (Å²) < 4.78 is 1.79. The Labute approximate surface area is 219 Å². The number of carbonyl (C=O) groups excluding carboxylic acids is 2. The first-order chi connectivity index (χ1) is 17.6. The van der Waals surface area contributed by atoms with Gasteiger partial charge in [-0.2, -0.15) is 5.10 Å². The number of anilines is 1. The van der Waals surface area contributed by atoms with Gasteiger partial charge in [-0.05, 0) is 24.5 Å². The fourth-order valence-electron chi connectivity index (χ4n) is 4.50. The van der Waals surface area contributed by atoms with Crippen molar-refractivity contribution in [1.29, 1.82) is 5.41 Å². The number of aliphatic hydroxyl groups excluding tert-OH is 2. The van der Waals surface area contributed by atoms with Gasteiger partial charge in [-0.15, -0.1) is 0 Å². The van der Waals surface area contributed by atoms with Gasteiger partial charge in [-0.3, -0.25) is 14.3 Å². The molecule has 1 aliphatic heterocycles. The second-order valence-corrected chi connectivity index (χ2v) is 9.38. The summed E-state index contributed by atoms with van der Waals surface area (Å²) in [5.41, 5.74) is 9.16. The number of hydrogen-bond donors (Lipinski definition) is 5. The number of likely N-dealkylation sites (tertiary alicyclic amines) is 1. The molecule has 2 heterocycles. The SMILES string of the molecule is CC.CCn1nccc1-c1ccc(C(CO)NC(=O)C2CC(O)CN2C(=O)C(C)C(C)C)c(C=N)c1N. The molecule has 0 saturated carbocycles. The lowest BCUT2D eigenvalue weighted by Crippen LogP contribution is -2.49. The summed E-state index contributed by atoms with van der Waals surface area (Å²) in [7, 11) is 0. The van der Waals surface area contributed by atoms with Gasteiger partial charge in [0, 0.05) is 49.0 Å². The van der Waals surface area contributed by atoms with Crippen molar-refractivity contribution in [2.45, 2.75) is 72.7 Å². The number of β-amino-alcohol motifs (C(OH)–C–C–N with tert-alkyl or cyclic N) is 1. The number of rotatable bonds is 9. The molecule has 2 aromatic rings. The predicted molar refractivity (Wildman–Crippen MR) is 145 cm³/mol. The van der Waals surface area contributed by atoms with Crippen molar-refractivity contribution in [1.82, 2.24) is 20.0 Å². The number of amides is 2. The van der Waals surface area contributed by atoms with Crippen molar-refractivity contribution in [2.24, 2.45) is 11.8 Å². The quantitative estimate of drug-likeness (QED) is 0.256. The van der Waals surface area contributed by atoms with Gasteiger partial charge in [0.2, 0.25) is 11.8 Å². The minimum absolute atomic E-state index is 0.0924. The van der Waals surface area contributed by atoms with Gasteiger partial charge >= 0.3 is 0 Å². The third kappa shape index (κ3) is 6.37. The summed E-state index contributed by atoms with van der Waals surface area (Å²) in [6, 6.07) is 3.67. The number of benzene rings is 1. The maximum absolute atomic E-state index is 13.2. The van der Waals surface area contributed by atoms with E-state index in [1.54, 1.807) is 23.0 Å². The second kappa shape index (κ2) is 13.3. The minimum atomic E-state index is -0.844. The molecule has 3 rings (SSSR count). The molecule has 1 aromatic carbocycles. The maximum Gasteiger partial charge on any atom is 0.243 e. The number of nitrogen functional groups attached to an aromatic ring is 1. The van der Waals surface area contributed by atoms with Crippen LogP contribution < -0.4 is 11.1 Å². The van der Waals surface area contributed by atoms with Crippen LogP contribution in [-0.2, 0) is 16.1 Å². The molecule has 4 unspecified atom stereocenters. The Kier molecular flexibility index (Phi) is 10.8. The highest BCUT2D eigenvalue weighted by Gasteiger charge is 2.41. The Morgan fingerprint density at radius 2 is 1.95 bits per heavy atom. The standard InChI is InChI=1S/C25H36N6O4.C2H6/c1-5-31-21(8-9-28-31)18-7-6-17(19(11-26)23(18)27)20(13-32)29-24(34)22-10-16(33)12-30(22)25(35)15(4)14(2)3;1-2/h6-9,11,14-16,20,22,26,32-33H,5,10,12-13,27H2,1-4H3,(H,29,34);1-2H3. The van der Waals surface area contributed by atoms with Gasteiger partial charge < -0.3 is 31.6 Å². The number of aromatic nitrogens is 2. The molecular formula is C27H42N6O4. The van der Waals surface area contributed by atoms with Gasteiger partial charge in [-0.25, -0.2) is 0 Å². The van der Waals surface area contributed by atoms with Crippen molar-refractivity contribution >= 4 is 23.7 Å². The van der Waals surface area contributed by atoms with E-state index >= 15 is 0 Å². The van der Waals surface area contributed by atoms with Crippen LogP contribution in [0.2, 0.25) is 0 Å². The monoisotopic (exact) mass is 514 g/mol. The van der Waals surface area contributed by atoms with Crippen LogP contribution in [0.25, 0.3) is 11.3 Å². The first-order valence-corrected chi connectivity index (χ1v) is 13.0. The zero-order valence-electron chi connectivity index (χ0n) is 22.7. The summed E-state index contributed by atoms with van der Waals surface area (Å²) >= 11 is 0. The Morgan fingerprint density at radius 3 is 2.51 bits per heavy atom. The molecule has 1 saturated heterocycles. The van der Waals surface area contributed by atoms with Gasteiger partial charge in [0.1, 0.15) is 6.04 Å². The smallest absolute Gasteiger partial charge is 0.243 e. The van der Waals surface area contributed by atoms with Crippen LogP contribution in [0.3, 0.4) is 0 Å². The van der Waals surface area contributed by atoms with Gasteiger partial charge in [-0.1, -0.05) is 46.8 Å². The van der Waals surface area contributed by atoms with Crippen LogP contribution in [0.4, 0.5) is 5.69 Å². The van der Waals surface area contributed by atoms with E-state index in [9.17, 15) is 19.8 Å². The predicted octanol–water partition coefficient (Wildman–Crippen LogP) is 2.58. The van der Waals surface area contributed by atoms with Crippen molar-refractivity contribution in [2.75, 3.05) is 18.9 Å². The van der Waals surface area contributed by atoms with E-state index in [2.05, 4.69) is 10.4 Å². The van der Waals surface area contributed by atoms with E-state index in [-0.39, 0.29) is 30.7 Å². The van der Waals surface area contributed by atoms with Crippen molar-refractivity contribution < 1.29 is 19.8 Å². The molecule has 1 fully saturated rings. The van der Waals surface area contributed by atoms with Crippen LogP contribution >= 0.6 is 0 Å². The molecule has 0 spiro atoms. The van der Waals surface area contributed by atoms with E-state index < -0.39 is 30.7 Å². The molecule has 0 aliphatic carbocycles. The lowest BCUT2D eigenvalue weighted by Gasteiger charge is -2.29. The van der Waals surface area contributed by atoms with Crippen molar-refractivity contribution in [3.63, 3.8) is 0 Å². The molecule has 10 heteroatoms. The molecule has 204 valence electrons. The number of nitrogens with one attached hydrogen (secondary N) is 2. The van der Waals surface area contributed by atoms with Crippen LogP contribution in [-0.4, -0.2) is 68.2 Å². The Hall–Kier alpha value is -3.24. The third-order valence-electron chi connectivity index (χ3n) is 6.89. The average molecular weight is 515 g/mol. The van der Waals surface area contributed by atoms with Gasteiger partial charge in [0.15, 0.2) is 0 Å². The summed E-state index contributed by atoms with van der Waals surface area (Å²) in [4.78, 5) is 27.6. The third-order valence-corrected chi connectivity index (χ3v) is 6.89. The normalized spacial score (nSPS) is 18.7. The second-order valence-electron chi connectivity index (χ2n) is 9.38. The Morgan fingerprint density at radius 1 is 1.27 bits per heavy atom. The van der Waals surface area contributed by atoms with E-state index in [0.29, 0.717) is 28.9 Å². The highest BCUT2D eigenvalue weighted by molar-refractivity contribution is 5.94. The van der Waals surface area contributed by atoms with E-state index in [4.69, 9.17) is 11.1 Å². The number of aryl methyl sites for hydroxylation is 1. The fourth-order valence-corrected chi connectivity index (χ4v) is 4.50. The number of nitrogens with zero attached hydrogens (tertiary/aromatic N) is 3. The van der Waals surface area contributed by atoms with E-state index in [1.165, 1.54) is 4.90 Å². The summed E-state index contributed by atoms with van der Waals surface area (Å²) in [6.45, 7) is 12.0. The van der Waals surface area contributed by atoms with E-state index in [1.807, 2.05) is 47.6 Å². The first kappa shape index (κ1) is 30.0. The average Bonchev–Trinajstić information content (AvgIpc) is 3.53. The number of carbonyl (C=O) groups is 2. The molecule has 6 N–H and O–H groups in total. The molecule has 1 aliphatic rings. The van der Waals surface area contributed by atoms with E-state index in [0.717, 1.165) is 11.9 Å². The van der Waals surface area contributed by atoms with Crippen LogP contribution in [0, 0.1) is 17.2 Å².